The maximum absolute atomic E-state index is 13.4. The van der Waals surface area contributed by atoms with E-state index in [2.05, 4.69) is 18.7 Å². The highest BCUT2D eigenvalue weighted by atomic mass is 32.2. The number of sulfonamides is 1. The highest BCUT2D eigenvalue weighted by molar-refractivity contribution is 7.89. The lowest BCUT2D eigenvalue weighted by molar-refractivity contribution is 0.327. The average molecular weight is 377 g/mol. The van der Waals surface area contributed by atoms with Crippen LogP contribution in [0.25, 0.3) is 0 Å². The zero-order valence-corrected chi connectivity index (χ0v) is 15.7. The summed E-state index contributed by atoms with van der Waals surface area (Å²) in [5, 5.41) is 19.8. The lowest BCUT2D eigenvalue weighted by Crippen LogP contribution is -2.35. The summed E-state index contributed by atoms with van der Waals surface area (Å²) in [4.78, 5) is 0.142. The number of hydrogen-bond acceptors (Lipinski definition) is 4. The van der Waals surface area contributed by atoms with E-state index in [1.165, 1.54) is 10.4 Å². The third-order valence-electron chi connectivity index (χ3n) is 5.08. The Morgan fingerprint density at radius 3 is 2.22 bits per heavy atom. The second-order valence-electron chi connectivity index (χ2n) is 6.64. The summed E-state index contributed by atoms with van der Waals surface area (Å²) in [6.45, 7) is 5.65. The van der Waals surface area contributed by atoms with Crippen LogP contribution in [0.2, 0.25) is 0 Å². The number of hydrogen-bond donors (Lipinski definition) is 0. The van der Waals surface area contributed by atoms with Crippen LogP contribution in [0.1, 0.15) is 17.2 Å². The summed E-state index contributed by atoms with van der Waals surface area (Å²) in [7, 11) is -3.90. The van der Waals surface area contributed by atoms with Crippen LogP contribution in [0.4, 0.5) is 0 Å². The quantitative estimate of drug-likeness (QED) is 0.762. The molecular weight excluding hydrogens is 358 g/mol. The maximum atomic E-state index is 13.4. The Labute approximate surface area is 159 Å². The molecule has 27 heavy (non-hydrogen) atoms. The molecule has 0 spiro atoms. The average Bonchev–Trinajstić information content (AvgIpc) is 3.04. The number of rotatable bonds is 4. The Bertz CT molecular complexity index is 1020. The van der Waals surface area contributed by atoms with Gasteiger partial charge in [-0.2, -0.15) is 14.8 Å². The molecule has 0 radical (unpaired) electrons. The van der Waals surface area contributed by atoms with Gasteiger partial charge in [-0.15, -0.1) is 6.58 Å². The van der Waals surface area contributed by atoms with Crippen molar-refractivity contribution in [2.45, 2.75) is 17.9 Å². The third-order valence-corrected chi connectivity index (χ3v) is 6.92. The Kier molecular flexibility index (Phi) is 4.89. The largest absolute Gasteiger partial charge is 0.243 e. The first-order valence-corrected chi connectivity index (χ1v) is 9.93. The van der Waals surface area contributed by atoms with E-state index in [1.807, 2.05) is 13.0 Å². The van der Waals surface area contributed by atoms with Crippen molar-refractivity contribution in [1.82, 2.24) is 4.31 Å². The first-order valence-electron chi connectivity index (χ1n) is 8.49. The smallest absolute Gasteiger partial charge is 0.207 e. The zero-order valence-electron chi connectivity index (χ0n) is 14.9. The Balaban J connectivity index is 2.22. The van der Waals surface area contributed by atoms with Crippen molar-refractivity contribution in [3.05, 3.63) is 78.4 Å². The lowest BCUT2D eigenvalue weighted by atomic mass is 9.73. The lowest BCUT2D eigenvalue weighted by Gasteiger charge is -2.29. The summed E-state index contributed by atoms with van der Waals surface area (Å²) >= 11 is 0. The SMILES string of the molecule is C=CC1CN(S(=O)(=O)c2ccc(C)cc2)[C@@H](c2ccccc2)C1(C#N)C#N. The number of nitriles is 2. The van der Waals surface area contributed by atoms with Crippen molar-refractivity contribution in [2.24, 2.45) is 11.3 Å². The highest BCUT2D eigenvalue weighted by Crippen LogP contribution is 2.52. The molecule has 0 saturated carbocycles. The molecule has 1 heterocycles. The van der Waals surface area contributed by atoms with E-state index in [0.717, 1.165) is 5.56 Å². The van der Waals surface area contributed by atoms with Gasteiger partial charge in [0.05, 0.1) is 23.1 Å². The van der Waals surface area contributed by atoms with Crippen LogP contribution in [-0.2, 0) is 10.0 Å². The van der Waals surface area contributed by atoms with Gasteiger partial charge in [-0.05, 0) is 24.6 Å². The minimum Gasteiger partial charge on any atom is -0.207 e. The van der Waals surface area contributed by atoms with Crippen LogP contribution in [0.3, 0.4) is 0 Å². The molecule has 6 heteroatoms. The second kappa shape index (κ2) is 7.00. The van der Waals surface area contributed by atoms with Crippen LogP contribution in [0.15, 0.2) is 72.1 Å². The molecule has 1 unspecified atom stereocenters. The first kappa shape index (κ1) is 18.8. The van der Waals surface area contributed by atoms with Gasteiger partial charge in [-0.25, -0.2) is 8.42 Å². The fourth-order valence-corrected chi connectivity index (χ4v) is 5.27. The third kappa shape index (κ3) is 2.94. The van der Waals surface area contributed by atoms with Crippen LogP contribution in [0, 0.1) is 40.9 Å². The first-order chi connectivity index (χ1) is 12.9. The van der Waals surface area contributed by atoms with Crippen LogP contribution >= 0.6 is 0 Å². The molecule has 5 nitrogen and oxygen atoms in total. The van der Waals surface area contributed by atoms with Gasteiger partial charge in [0.15, 0.2) is 5.41 Å². The summed E-state index contributed by atoms with van der Waals surface area (Å²) < 4.78 is 28.0. The minimum atomic E-state index is -3.90. The van der Waals surface area contributed by atoms with Gasteiger partial charge in [0.1, 0.15) is 0 Å². The van der Waals surface area contributed by atoms with E-state index in [4.69, 9.17) is 0 Å². The molecule has 136 valence electrons. The van der Waals surface area contributed by atoms with Crippen molar-refractivity contribution in [3.63, 3.8) is 0 Å². The molecule has 0 aromatic heterocycles. The summed E-state index contributed by atoms with van der Waals surface area (Å²) in [6, 6.07) is 18.7. The van der Waals surface area contributed by atoms with Crippen LogP contribution < -0.4 is 0 Å². The van der Waals surface area contributed by atoms with Crippen molar-refractivity contribution in [1.29, 1.82) is 10.5 Å². The molecule has 1 saturated heterocycles. The molecule has 1 fully saturated rings. The van der Waals surface area contributed by atoms with E-state index < -0.39 is 27.4 Å². The van der Waals surface area contributed by atoms with Gasteiger partial charge in [0.25, 0.3) is 0 Å². The van der Waals surface area contributed by atoms with Crippen molar-refractivity contribution in [3.8, 4) is 12.1 Å². The Morgan fingerprint density at radius 2 is 1.70 bits per heavy atom. The van der Waals surface area contributed by atoms with E-state index in [9.17, 15) is 18.9 Å². The topological polar surface area (TPSA) is 85.0 Å². The van der Waals surface area contributed by atoms with Gasteiger partial charge in [-0.1, -0.05) is 54.1 Å². The molecule has 2 atom stereocenters. The highest BCUT2D eigenvalue weighted by Gasteiger charge is 2.58. The van der Waals surface area contributed by atoms with E-state index >= 15 is 0 Å². The van der Waals surface area contributed by atoms with Gasteiger partial charge in [-0.3, -0.25) is 0 Å². The molecule has 0 amide bonds. The predicted octanol–water partition coefficient (Wildman–Crippen LogP) is 3.58. The Morgan fingerprint density at radius 1 is 1.11 bits per heavy atom. The zero-order chi connectivity index (χ0) is 19.7. The standard InChI is InChI=1S/C21H19N3O2S/c1-3-18-13-24(27(25,26)19-11-9-16(2)10-12-19)20(21(18,14-22)15-23)17-7-5-4-6-8-17/h3-12,18,20H,1,13H2,2H3/t18?,20-/m0/s1. The number of aryl methyl sites for hydroxylation is 1. The summed E-state index contributed by atoms with van der Waals surface area (Å²) in [5.41, 5.74) is 0.0175. The van der Waals surface area contributed by atoms with Gasteiger partial charge in [0.2, 0.25) is 10.0 Å². The summed E-state index contributed by atoms with van der Waals surface area (Å²) in [5.74, 6) is -0.599. The van der Waals surface area contributed by atoms with E-state index in [-0.39, 0.29) is 11.4 Å². The molecule has 0 bridgehead atoms. The normalized spacial score (nSPS) is 21.9. The molecular formula is C21H19N3O2S. The van der Waals surface area contributed by atoms with E-state index in [1.54, 1.807) is 48.5 Å². The van der Waals surface area contributed by atoms with Crippen LogP contribution in [0.5, 0.6) is 0 Å². The molecule has 3 rings (SSSR count). The molecule has 1 aliphatic heterocycles. The fourth-order valence-electron chi connectivity index (χ4n) is 3.59. The predicted molar refractivity (Wildman–Crippen MR) is 102 cm³/mol. The van der Waals surface area contributed by atoms with Gasteiger partial charge in [0, 0.05) is 12.5 Å². The Hall–Kier alpha value is -2.93. The van der Waals surface area contributed by atoms with Crippen LogP contribution in [-0.4, -0.2) is 19.3 Å². The second-order valence-corrected chi connectivity index (χ2v) is 8.53. The monoisotopic (exact) mass is 377 g/mol. The van der Waals surface area contributed by atoms with Gasteiger partial charge >= 0.3 is 0 Å². The van der Waals surface area contributed by atoms with Crippen molar-refractivity contribution in [2.75, 3.05) is 6.54 Å². The number of nitrogens with zero attached hydrogens (tertiary/aromatic N) is 3. The van der Waals surface area contributed by atoms with E-state index in [0.29, 0.717) is 5.56 Å². The maximum Gasteiger partial charge on any atom is 0.243 e. The number of benzene rings is 2. The summed E-state index contributed by atoms with van der Waals surface area (Å²) in [6.07, 6.45) is 1.51. The molecule has 0 aliphatic carbocycles. The fraction of sp³-hybridized carbons (Fsp3) is 0.238. The molecule has 1 aliphatic rings. The molecule has 2 aromatic carbocycles. The molecule has 0 N–H and O–H groups in total. The minimum absolute atomic E-state index is 0.0282. The van der Waals surface area contributed by atoms with Gasteiger partial charge < -0.3 is 0 Å². The molecule has 2 aromatic rings. The van der Waals surface area contributed by atoms with Crippen molar-refractivity contribution >= 4 is 10.0 Å². The van der Waals surface area contributed by atoms with Crippen molar-refractivity contribution < 1.29 is 8.42 Å².